The molecule has 0 aliphatic rings. The van der Waals surface area contributed by atoms with Crippen LogP contribution in [-0.4, -0.2) is 33.7 Å². The van der Waals surface area contributed by atoms with Crippen molar-refractivity contribution in [3.8, 4) is 0 Å². The monoisotopic (exact) mass is 257 g/mol. The number of aliphatic carboxylic acids is 1. The van der Waals surface area contributed by atoms with E-state index in [4.69, 9.17) is 9.63 Å². The van der Waals surface area contributed by atoms with Crippen LogP contribution >= 0.6 is 0 Å². The number of rotatable bonds is 8. The van der Waals surface area contributed by atoms with Crippen LogP contribution in [0.2, 0.25) is 0 Å². The zero-order valence-corrected chi connectivity index (χ0v) is 10.0. The van der Waals surface area contributed by atoms with Gasteiger partial charge in [0.1, 0.15) is 0 Å². The summed E-state index contributed by atoms with van der Waals surface area (Å²) in [7, 11) is 0. The van der Waals surface area contributed by atoms with Gasteiger partial charge < -0.3 is 9.63 Å². The Hall–Kier alpha value is -1.96. The Morgan fingerprint density at radius 1 is 1.44 bits per heavy atom. The molecule has 0 unspecified atom stereocenters. The molecule has 1 aromatic rings. The molecule has 8 heteroatoms. The second-order valence-corrected chi connectivity index (χ2v) is 3.56. The lowest BCUT2D eigenvalue weighted by Gasteiger charge is -2.01. The SMILES string of the molecule is CCCc1noc(CCC(=O)NOCC(=O)O)n1. The van der Waals surface area contributed by atoms with Crippen molar-refractivity contribution in [1.82, 2.24) is 15.6 Å². The summed E-state index contributed by atoms with van der Waals surface area (Å²) < 4.78 is 4.93. The first kappa shape index (κ1) is 14.1. The highest BCUT2D eigenvalue weighted by Gasteiger charge is 2.09. The molecule has 0 radical (unpaired) electrons. The van der Waals surface area contributed by atoms with Gasteiger partial charge in [0, 0.05) is 19.3 Å². The summed E-state index contributed by atoms with van der Waals surface area (Å²) in [6.45, 7) is 1.43. The van der Waals surface area contributed by atoms with Crippen LogP contribution in [0.15, 0.2) is 4.52 Å². The zero-order valence-electron chi connectivity index (χ0n) is 10.0. The number of carbonyl (C=O) groups is 2. The van der Waals surface area contributed by atoms with Crippen LogP contribution in [0.5, 0.6) is 0 Å². The molecule has 0 saturated carbocycles. The number of carboxylic acids is 1. The van der Waals surface area contributed by atoms with Crippen LogP contribution in [0, 0.1) is 0 Å². The van der Waals surface area contributed by atoms with E-state index in [9.17, 15) is 9.59 Å². The molecular formula is C10H15N3O5. The molecule has 0 spiro atoms. The van der Waals surface area contributed by atoms with Crippen molar-refractivity contribution in [3.63, 3.8) is 0 Å². The summed E-state index contributed by atoms with van der Waals surface area (Å²) in [6.07, 6.45) is 2.03. The predicted molar refractivity (Wildman–Crippen MR) is 58.3 cm³/mol. The molecule has 1 rings (SSSR count). The Balaban J connectivity index is 2.22. The van der Waals surface area contributed by atoms with Gasteiger partial charge in [0.15, 0.2) is 12.4 Å². The Morgan fingerprint density at radius 2 is 2.22 bits per heavy atom. The lowest BCUT2D eigenvalue weighted by atomic mass is 10.3. The molecule has 1 amide bonds. The van der Waals surface area contributed by atoms with Gasteiger partial charge in [-0.3, -0.25) is 9.63 Å². The van der Waals surface area contributed by atoms with Gasteiger partial charge in [0.25, 0.3) is 0 Å². The Labute approximate surface area is 103 Å². The van der Waals surface area contributed by atoms with E-state index in [1.54, 1.807) is 0 Å². The van der Waals surface area contributed by atoms with E-state index in [0.717, 1.165) is 12.8 Å². The van der Waals surface area contributed by atoms with Gasteiger partial charge in [-0.25, -0.2) is 10.3 Å². The number of nitrogens with zero attached hydrogens (tertiary/aromatic N) is 2. The van der Waals surface area contributed by atoms with Gasteiger partial charge in [-0.15, -0.1) is 0 Å². The van der Waals surface area contributed by atoms with Crippen molar-refractivity contribution in [2.24, 2.45) is 0 Å². The van der Waals surface area contributed by atoms with Crippen LogP contribution in [-0.2, 0) is 27.3 Å². The Bertz CT molecular complexity index is 404. The molecular weight excluding hydrogens is 242 g/mol. The zero-order chi connectivity index (χ0) is 13.4. The third kappa shape index (κ3) is 5.39. The average molecular weight is 257 g/mol. The normalized spacial score (nSPS) is 10.3. The molecule has 2 N–H and O–H groups in total. The number of aromatic nitrogens is 2. The summed E-state index contributed by atoms with van der Waals surface area (Å²) in [6, 6.07) is 0. The van der Waals surface area contributed by atoms with E-state index in [-0.39, 0.29) is 6.42 Å². The first-order chi connectivity index (χ1) is 8.61. The number of carboxylic acid groups (broad SMARTS) is 1. The standard InChI is InChI=1S/C10H15N3O5/c1-2-3-7-11-9(18-12-7)5-4-8(14)13-17-6-10(15)16/h2-6H2,1H3,(H,13,14)(H,15,16). The maximum absolute atomic E-state index is 11.2. The van der Waals surface area contributed by atoms with Gasteiger partial charge in [-0.2, -0.15) is 4.98 Å². The lowest BCUT2D eigenvalue weighted by molar-refractivity contribution is -0.149. The molecule has 1 heterocycles. The number of hydroxylamine groups is 1. The van der Waals surface area contributed by atoms with Crippen LogP contribution in [0.25, 0.3) is 0 Å². The number of carbonyl (C=O) groups excluding carboxylic acids is 1. The quantitative estimate of drug-likeness (QED) is 0.634. The molecule has 100 valence electrons. The minimum Gasteiger partial charge on any atom is -0.479 e. The van der Waals surface area contributed by atoms with E-state index < -0.39 is 18.5 Å². The molecule has 0 aliphatic heterocycles. The lowest BCUT2D eigenvalue weighted by Crippen LogP contribution is -2.26. The summed E-state index contributed by atoms with van der Waals surface area (Å²) in [5.74, 6) is -0.593. The topological polar surface area (TPSA) is 115 Å². The van der Waals surface area contributed by atoms with E-state index in [2.05, 4.69) is 15.0 Å². The van der Waals surface area contributed by atoms with Gasteiger partial charge >= 0.3 is 5.97 Å². The minimum absolute atomic E-state index is 0.0907. The van der Waals surface area contributed by atoms with Crippen molar-refractivity contribution < 1.29 is 24.1 Å². The van der Waals surface area contributed by atoms with Gasteiger partial charge in [0.2, 0.25) is 11.8 Å². The smallest absolute Gasteiger partial charge is 0.332 e. The second kappa shape index (κ2) is 7.38. The predicted octanol–water partition coefficient (Wildman–Crippen LogP) is 0.0871. The summed E-state index contributed by atoms with van der Waals surface area (Å²) in [5.41, 5.74) is 2.01. The van der Waals surface area contributed by atoms with Gasteiger partial charge in [-0.05, 0) is 6.42 Å². The van der Waals surface area contributed by atoms with Crippen LogP contribution in [0.3, 0.4) is 0 Å². The Morgan fingerprint density at radius 3 is 2.89 bits per heavy atom. The molecule has 0 saturated heterocycles. The maximum Gasteiger partial charge on any atom is 0.332 e. The number of hydrogen-bond acceptors (Lipinski definition) is 6. The van der Waals surface area contributed by atoms with Gasteiger partial charge in [0.05, 0.1) is 0 Å². The third-order valence-corrected chi connectivity index (χ3v) is 1.93. The molecule has 18 heavy (non-hydrogen) atoms. The summed E-state index contributed by atoms with van der Waals surface area (Å²) in [4.78, 5) is 29.8. The number of nitrogens with one attached hydrogen (secondary N) is 1. The minimum atomic E-state index is -1.16. The van der Waals surface area contributed by atoms with Crippen LogP contribution in [0.4, 0.5) is 0 Å². The molecule has 0 bridgehead atoms. The fourth-order valence-corrected chi connectivity index (χ4v) is 1.17. The molecule has 1 aromatic heterocycles. The highest BCUT2D eigenvalue weighted by molar-refractivity contribution is 5.75. The molecule has 0 atom stereocenters. The van der Waals surface area contributed by atoms with Gasteiger partial charge in [-0.1, -0.05) is 12.1 Å². The highest BCUT2D eigenvalue weighted by Crippen LogP contribution is 2.02. The van der Waals surface area contributed by atoms with Crippen molar-refractivity contribution in [2.75, 3.05) is 6.61 Å². The largest absolute Gasteiger partial charge is 0.479 e. The summed E-state index contributed by atoms with van der Waals surface area (Å²) in [5, 5.41) is 12.0. The number of amides is 1. The molecule has 8 nitrogen and oxygen atoms in total. The fraction of sp³-hybridized carbons (Fsp3) is 0.600. The van der Waals surface area contributed by atoms with E-state index in [1.165, 1.54) is 0 Å². The van der Waals surface area contributed by atoms with Crippen molar-refractivity contribution in [2.45, 2.75) is 32.6 Å². The van der Waals surface area contributed by atoms with Crippen molar-refractivity contribution in [3.05, 3.63) is 11.7 Å². The summed E-state index contributed by atoms with van der Waals surface area (Å²) >= 11 is 0. The van der Waals surface area contributed by atoms with Crippen LogP contribution < -0.4 is 5.48 Å². The molecule has 0 aromatic carbocycles. The maximum atomic E-state index is 11.2. The highest BCUT2D eigenvalue weighted by atomic mass is 16.7. The first-order valence-electron chi connectivity index (χ1n) is 5.55. The number of aryl methyl sites for hydroxylation is 2. The Kier molecular flexibility index (Phi) is 5.78. The third-order valence-electron chi connectivity index (χ3n) is 1.93. The van der Waals surface area contributed by atoms with E-state index >= 15 is 0 Å². The first-order valence-corrected chi connectivity index (χ1v) is 5.55. The van der Waals surface area contributed by atoms with Crippen molar-refractivity contribution >= 4 is 11.9 Å². The number of hydrogen-bond donors (Lipinski definition) is 2. The van der Waals surface area contributed by atoms with E-state index in [1.807, 2.05) is 12.4 Å². The van der Waals surface area contributed by atoms with Crippen molar-refractivity contribution in [1.29, 1.82) is 0 Å². The fourth-order valence-electron chi connectivity index (χ4n) is 1.17. The van der Waals surface area contributed by atoms with Crippen LogP contribution in [0.1, 0.15) is 31.5 Å². The molecule has 0 aliphatic carbocycles. The average Bonchev–Trinajstić information content (AvgIpc) is 2.74. The van der Waals surface area contributed by atoms with E-state index in [0.29, 0.717) is 18.1 Å². The molecule has 0 fully saturated rings. The second-order valence-electron chi connectivity index (χ2n) is 3.56.